The Bertz CT molecular complexity index is 841. The first-order valence-corrected chi connectivity index (χ1v) is 8.64. The summed E-state index contributed by atoms with van der Waals surface area (Å²) in [5.74, 6) is 0.140. The fraction of sp³-hybridized carbons (Fsp3) is 0.500. The normalized spacial score (nSPS) is 14.8. The molecule has 0 aliphatic carbocycles. The van der Waals surface area contributed by atoms with Crippen LogP contribution in [0.25, 0.3) is 11.2 Å². The predicted molar refractivity (Wildman–Crippen MR) is 92.0 cm³/mol. The molecular formula is C18H21F3N4O. The lowest BCUT2D eigenvalue weighted by Crippen LogP contribution is -2.39. The molecule has 140 valence electrons. The molecular weight excluding hydrogens is 345 g/mol. The summed E-state index contributed by atoms with van der Waals surface area (Å²) in [6.45, 7) is 4.44. The van der Waals surface area contributed by atoms with Crippen LogP contribution in [-0.4, -0.2) is 44.6 Å². The number of carbonyl (C=O) groups is 1. The van der Waals surface area contributed by atoms with Crippen molar-refractivity contribution < 1.29 is 18.0 Å². The molecule has 0 saturated carbocycles. The van der Waals surface area contributed by atoms with E-state index in [0.717, 1.165) is 43.0 Å². The van der Waals surface area contributed by atoms with Gasteiger partial charge in [0.25, 0.3) is 5.91 Å². The predicted octanol–water partition coefficient (Wildman–Crippen LogP) is 3.66. The molecule has 0 N–H and O–H groups in total. The van der Waals surface area contributed by atoms with Gasteiger partial charge in [-0.25, -0.2) is 9.97 Å². The number of hydrogen-bond acceptors (Lipinski definition) is 3. The molecule has 0 atom stereocenters. The molecule has 0 fully saturated rings. The van der Waals surface area contributed by atoms with Crippen molar-refractivity contribution in [2.75, 3.05) is 13.1 Å². The van der Waals surface area contributed by atoms with Gasteiger partial charge in [-0.2, -0.15) is 13.2 Å². The summed E-state index contributed by atoms with van der Waals surface area (Å²) in [6, 6.07) is 1.52. The third kappa shape index (κ3) is 3.73. The van der Waals surface area contributed by atoms with Crippen molar-refractivity contribution in [1.29, 1.82) is 0 Å². The summed E-state index contributed by atoms with van der Waals surface area (Å²) in [6.07, 6.45) is 0.682. The van der Waals surface area contributed by atoms with Gasteiger partial charge in [0.15, 0.2) is 5.65 Å². The Morgan fingerprint density at radius 3 is 2.81 bits per heavy atom. The number of hydrogen-bond donors (Lipinski definition) is 0. The lowest BCUT2D eigenvalue weighted by atomic mass is 10.1. The second kappa shape index (κ2) is 7.09. The molecule has 0 aromatic carbocycles. The van der Waals surface area contributed by atoms with Crippen molar-refractivity contribution in [3.63, 3.8) is 0 Å². The number of alkyl halides is 3. The number of aryl methyl sites for hydroxylation is 3. The highest BCUT2D eigenvalue weighted by atomic mass is 19.4. The van der Waals surface area contributed by atoms with Crippen LogP contribution in [-0.2, 0) is 13.0 Å². The van der Waals surface area contributed by atoms with E-state index in [-0.39, 0.29) is 12.1 Å². The number of nitrogens with zero attached hydrogens (tertiary/aromatic N) is 4. The third-order valence-electron chi connectivity index (χ3n) is 4.43. The van der Waals surface area contributed by atoms with E-state index < -0.39 is 18.6 Å². The summed E-state index contributed by atoms with van der Waals surface area (Å²) >= 11 is 0. The first-order chi connectivity index (χ1) is 12.3. The molecule has 1 aliphatic rings. The lowest BCUT2D eigenvalue weighted by molar-refractivity contribution is -0.139. The summed E-state index contributed by atoms with van der Waals surface area (Å²) in [7, 11) is 0. The van der Waals surface area contributed by atoms with E-state index >= 15 is 0 Å². The standard InChI is InChI=1S/C18H21F3N4O/c1-3-8-24(11-18(19,20)21)17(26)13-10-12(2)22-16-15(13)23-14-7-5-4-6-9-25(14)16/h3,10H,1,4-9,11H2,2H3. The molecule has 1 aliphatic heterocycles. The van der Waals surface area contributed by atoms with E-state index in [9.17, 15) is 18.0 Å². The van der Waals surface area contributed by atoms with E-state index in [1.807, 2.05) is 4.57 Å². The Balaban J connectivity index is 2.08. The lowest BCUT2D eigenvalue weighted by Gasteiger charge is -2.22. The maximum Gasteiger partial charge on any atom is 0.406 e. The molecule has 8 heteroatoms. The van der Waals surface area contributed by atoms with Crippen molar-refractivity contribution in [3.8, 4) is 0 Å². The average molecular weight is 366 g/mol. The van der Waals surface area contributed by atoms with Gasteiger partial charge in [-0.15, -0.1) is 6.58 Å². The number of carbonyl (C=O) groups excluding carboxylic acids is 1. The Hall–Kier alpha value is -2.38. The van der Waals surface area contributed by atoms with Crippen molar-refractivity contribution in [2.24, 2.45) is 0 Å². The molecule has 0 unspecified atom stereocenters. The van der Waals surface area contributed by atoms with E-state index in [1.54, 1.807) is 6.92 Å². The fourth-order valence-electron chi connectivity index (χ4n) is 3.34. The van der Waals surface area contributed by atoms with Gasteiger partial charge < -0.3 is 9.47 Å². The van der Waals surface area contributed by atoms with E-state index in [0.29, 0.717) is 16.9 Å². The molecule has 26 heavy (non-hydrogen) atoms. The molecule has 2 aromatic rings. The first kappa shape index (κ1) is 18.4. The fourth-order valence-corrected chi connectivity index (χ4v) is 3.34. The van der Waals surface area contributed by atoms with Crippen LogP contribution in [0.15, 0.2) is 18.7 Å². The van der Waals surface area contributed by atoms with Crippen LogP contribution in [0.2, 0.25) is 0 Å². The third-order valence-corrected chi connectivity index (χ3v) is 4.43. The number of amides is 1. The molecule has 0 spiro atoms. The van der Waals surface area contributed by atoms with Crippen LogP contribution < -0.4 is 0 Å². The Labute approximate surface area is 149 Å². The van der Waals surface area contributed by atoms with Gasteiger partial charge in [0.05, 0.1) is 5.56 Å². The van der Waals surface area contributed by atoms with Crippen molar-refractivity contribution >= 4 is 17.1 Å². The minimum absolute atomic E-state index is 0.166. The number of fused-ring (bicyclic) bond motifs is 3. The zero-order valence-electron chi connectivity index (χ0n) is 14.6. The van der Waals surface area contributed by atoms with Gasteiger partial charge in [0, 0.05) is 25.2 Å². The first-order valence-electron chi connectivity index (χ1n) is 8.64. The van der Waals surface area contributed by atoms with Crippen molar-refractivity contribution in [2.45, 2.75) is 45.3 Å². The van der Waals surface area contributed by atoms with Gasteiger partial charge in [0.1, 0.15) is 17.9 Å². The van der Waals surface area contributed by atoms with Crippen LogP contribution in [0.4, 0.5) is 13.2 Å². The summed E-state index contributed by atoms with van der Waals surface area (Å²) in [5.41, 5.74) is 1.71. The van der Waals surface area contributed by atoms with Crippen LogP contribution in [0.1, 0.15) is 41.1 Å². The number of halogens is 3. The van der Waals surface area contributed by atoms with E-state index in [4.69, 9.17) is 0 Å². The molecule has 3 heterocycles. The number of imidazole rings is 1. The van der Waals surface area contributed by atoms with E-state index in [1.165, 1.54) is 12.1 Å². The topological polar surface area (TPSA) is 51.0 Å². The maximum atomic E-state index is 12.9. The van der Waals surface area contributed by atoms with Crippen LogP contribution in [0, 0.1) is 6.92 Å². The molecule has 0 radical (unpaired) electrons. The number of rotatable bonds is 4. The van der Waals surface area contributed by atoms with Crippen LogP contribution in [0.5, 0.6) is 0 Å². The molecule has 3 rings (SSSR count). The van der Waals surface area contributed by atoms with Crippen LogP contribution >= 0.6 is 0 Å². The van der Waals surface area contributed by atoms with Crippen molar-refractivity contribution in [3.05, 3.63) is 35.8 Å². The van der Waals surface area contributed by atoms with Gasteiger partial charge in [-0.05, 0) is 25.8 Å². The smallest absolute Gasteiger partial charge is 0.326 e. The molecule has 0 bridgehead atoms. The molecule has 1 amide bonds. The highest BCUT2D eigenvalue weighted by Crippen LogP contribution is 2.26. The summed E-state index contributed by atoms with van der Waals surface area (Å²) in [5, 5.41) is 0. The minimum atomic E-state index is -4.48. The second-order valence-corrected chi connectivity index (χ2v) is 6.56. The minimum Gasteiger partial charge on any atom is -0.326 e. The average Bonchev–Trinajstić information content (AvgIpc) is 2.74. The van der Waals surface area contributed by atoms with Gasteiger partial charge in [0.2, 0.25) is 0 Å². The number of aromatic nitrogens is 3. The monoisotopic (exact) mass is 366 g/mol. The Kier molecular flexibility index (Phi) is 5.02. The second-order valence-electron chi connectivity index (χ2n) is 6.56. The van der Waals surface area contributed by atoms with Gasteiger partial charge in [-0.3, -0.25) is 4.79 Å². The molecule has 0 saturated heterocycles. The number of pyridine rings is 1. The summed E-state index contributed by atoms with van der Waals surface area (Å²) in [4.78, 5) is 22.7. The van der Waals surface area contributed by atoms with Gasteiger partial charge in [-0.1, -0.05) is 12.5 Å². The quantitative estimate of drug-likeness (QED) is 0.776. The zero-order valence-corrected chi connectivity index (χ0v) is 14.6. The Morgan fingerprint density at radius 2 is 2.12 bits per heavy atom. The van der Waals surface area contributed by atoms with Crippen LogP contribution in [0.3, 0.4) is 0 Å². The molecule has 2 aromatic heterocycles. The van der Waals surface area contributed by atoms with E-state index in [2.05, 4.69) is 16.5 Å². The SMILES string of the molecule is C=CCN(CC(F)(F)F)C(=O)c1cc(C)nc2c1nc1n2CCCCC1. The highest BCUT2D eigenvalue weighted by Gasteiger charge is 2.34. The van der Waals surface area contributed by atoms with Crippen molar-refractivity contribution in [1.82, 2.24) is 19.4 Å². The summed E-state index contributed by atoms with van der Waals surface area (Å²) < 4.78 is 40.6. The molecule has 5 nitrogen and oxygen atoms in total. The maximum absolute atomic E-state index is 12.9. The zero-order chi connectivity index (χ0) is 18.9. The largest absolute Gasteiger partial charge is 0.406 e. The Morgan fingerprint density at radius 1 is 1.35 bits per heavy atom. The highest BCUT2D eigenvalue weighted by molar-refractivity contribution is 6.04. The van der Waals surface area contributed by atoms with Gasteiger partial charge >= 0.3 is 6.18 Å².